The Bertz CT molecular complexity index is 1290. The highest BCUT2D eigenvalue weighted by Gasteiger charge is 2.19. The summed E-state index contributed by atoms with van der Waals surface area (Å²) in [6.07, 6.45) is 1.55. The lowest BCUT2D eigenvalue weighted by Gasteiger charge is -2.12. The number of amides is 1. The van der Waals surface area contributed by atoms with Gasteiger partial charge < -0.3 is 10.1 Å². The Morgan fingerprint density at radius 3 is 2.09 bits per heavy atom. The third kappa shape index (κ3) is 4.72. The Morgan fingerprint density at radius 1 is 0.906 bits per heavy atom. The SMILES string of the molecule is COc1ccc(NC(=O)c2cn(Cc3ccc(Cl)cc3)n(-c3ccc(Cl)cc3)c2=O)cc1. The van der Waals surface area contributed by atoms with Crippen molar-refractivity contribution in [3.63, 3.8) is 0 Å². The predicted molar refractivity (Wildman–Crippen MR) is 127 cm³/mol. The molecule has 0 fully saturated rings. The van der Waals surface area contributed by atoms with Gasteiger partial charge in [-0.1, -0.05) is 35.3 Å². The maximum absolute atomic E-state index is 13.3. The summed E-state index contributed by atoms with van der Waals surface area (Å²) >= 11 is 12.0. The molecular formula is C24H19Cl2N3O3. The summed E-state index contributed by atoms with van der Waals surface area (Å²) in [5.74, 6) is 0.167. The molecule has 0 saturated heterocycles. The largest absolute Gasteiger partial charge is 0.497 e. The Hall–Kier alpha value is -3.48. The molecule has 32 heavy (non-hydrogen) atoms. The minimum absolute atomic E-state index is 0.0183. The molecule has 162 valence electrons. The summed E-state index contributed by atoms with van der Waals surface area (Å²) in [4.78, 5) is 26.2. The monoisotopic (exact) mass is 467 g/mol. The summed E-state index contributed by atoms with van der Waals surface area (Å²) in [6.45, 7) is 0.366. The number of methoxy groups -OCH3 is 1. The number of carbonyl (C=O) groups is 1. The molecule has 1 heterocycles. The lowest BCUT2D eigenvalue weighted by Crippen LogP contribution is -2.26. The number of aromatic nitrogens is 2. The molecule has 1 amide bonds. The van der Waals surface area contributed by atoms with Gasteiger partial charge >= 0.3 is 0 Å². The molecular weight excluding hydrogens is 449 g/mol. The summed E-state index contributed by atoms with van der Waals surface area (Å²) in [5, 5.41) is 3.94. The van der Waals surface area contributed by atoms with Gasteiger partial charge in [-0.05, 0) is 66.2 Å². The quantitative estimate of drug-likeness (QED) is 0.420. The molecule has 4 rings (SSSR count). The standard InChI is InChI=1S/C24H19Cl2N3O3/c1-32-21-12-8-19(9-13-21)27-23(30)22-15-28(14-16-2-4-17(25)5-3-16)29(24(22)31)20-10-6-18(26)7-11-20/h2-13,15H,14H2,1H3,(H,27,30). The van der Waals surface area contributed by atoms with Crippen LogP contribution in [-0.4, -0.2) is 22.4 Å². The highest BCUT2D eigenvalue weighted by atomic mass is 35.5. The molecule has 8 heteroatoms. The van der Waals surface area contributed by atoms with E-state index in [9.17, 15) is 9.59 Å². The number of halogens is 2. The van der Waals surface area contributed by atoms with Gasteiger partial charge in [-0.25, -0.2) is 4.68 Å². The van der Waals surface area contributed by atoms with Crippen LogP contribution in [-0.2, 0) is 6.54 Å². The first-order valence-corrected chi connectivity index (χ1v) is 10.5. The van der Waals surface area contributed by atoms with Crippen molar-refractivity contribution in [2.24, 2.45) is 0 Å². The van der Waals surface area contributed by atoms with E-state index in [1.54, 1.807) is 78.7 Å². The van der Waals surface area contributed by atoms with E-state index in [1.165, 1.54) is 4.68 Å². The second-order valence-corrected chi connectivity index (χ2v) is 7.92. The lowest BCUT2D eigenvalue weighted by molar-refractivity contribution is 0.102. The zero-order chi connectivity index (χ0) is 22.7. The second-order valence-electron chi connectivity index (χ2n) is 7.04. The molecule has 0 spiro atoms. The van der Waals surface area contributed by atoms with E-state index in [4.69, 9.17) is 27.9 Å². The van der Waals surface area contributed by atoms with E-state index in [1.807, 2.05) is 12.1 Å². The minimum atomic E-state index is -0.502. The Kier molecular flexibility index (Phi) is 6.35. The van der Waals surface area contributed by atoms with E-state index < -0.39 is 11.5 Å². The molecule has 6 nitrogen and oxygen atoms in total. The molecule has 0 atom stereocenters. The van der Waals surface area contributed by atoms with Crippen LogP contribution in [0.5, 0.6) is 5.75 Å². The van der Waals surface area contributed by atoms with Crippen molar-refractivity contribution in [1.82, 2.24) is 9.36 Å². The molecule has 0 aliphatic rings. The number of hydrogen-bond donors (Lipinski definition) is 1. The predicted octanol–water partition coefficient (Wildman–Crippen LogP) is 5.26. The second kappa shape index (κ2) is 9.34. The zero-order valence-corrected chi connectivity index (χ0v) is 18.6. The number of anilines is 1. The third-order valence-corrected chi connectivity index (χ3v) is 5.38. The van der Waals surface area contributed by atoms with Crippen LogP contribution in [0.3, 0.4) is 0 Å². The number of hydrogen-bond acceptors (Lipinski definition) is 3. The van der Waals surface area contributed by atoms with Crippen LogP contribution in [0.15, 0.2) is 83.8 Å². The highest BCUT2D eigenvalue weighted by Crippen LogP contribution is 2.18. The maximum atomic E-state index is 13.3. The van der Waals surface area contributed by atoms with Crippen molar-refractivity contribution in [2.75, 3.05) is 12.4 Å². The molecule has 0 unspecified atom stereocenters. The number of rotatable bonds is 6. The van der Waals surface area contributed by atoms with Gasteiger partial charge in [0.25, 0.3) is 11.5 Å². The van der Waals surface area contributed by atoms with E-state index in [0.29, 0.717) is 33.7 Å². The van der Waals surface area contributed by atoms with Gasteiger partial charge in [-0.15, -0.1) is 0 Å². The van der Waals surface area contributed by atoms with Crippen molar-refractivity contribution in [3.05, 3.63) is 111 Å². The first-order chi connectivity index (χ1) is 15.4. The number of ether oxygens (including phenoxy) is 1. The topological polar surface area (TPSA) is 65.3 Å². The van der Waals surface area contributed by atoms with Crippen LogP contribution in [0.1, 0.15) is 15.9 Å². The first-order valence-electron chi connectivity index (χ1n) is 9.73. The van der Waals surface area contributed by atoms with Gasteiger partial charge in [-0.2, -0.15) is 0 Å². The van der Waals surface area contributed by atoms with E-state index >= 15 is 0 Å². The van der Waals surface area contributed by atoms with Crippen LogP contribution in [0.2, 0.25) is 10.0 Å². The molecule has 3 aromatic carbocycles. The van der Waals surface area contributed by atoms with Crippen molar-refractivity contribution in [1.29, 1.82) is 0 Å². The fourth-order valence-corrected chi connectivity index (χ4v) is 3.51. The summed E-state index contributed by atoms with van der Waals surface area (Å²) < 4.78 is 8.28. The van der Waals surface area contributed by atoms with Crippen molar-refractivity contribution in [2.45, 2.75) is 6.54 Å². The summed E-state index contributed by atoms with van der Waals surface area (Å²) in [5.41, 5.74) is 1.65. The minimum Gasteiger partial charge on any atom is -0.497 e. The number of carbonyl (C=O) groups excluding carboxylic acids is 1. The van der Waals surface area contributed by atoms with E-state index in [2.05, 4.69) is 5.32 Å². The van der Waals surface area contributed by atoms with Crippen LogP contribution < -0.4 is 15.6 Å². The molecule has 0 aliphatic heterocycles. The molecule has 0 radical (unpaired) electrons. The molecule has 1 aromatic heterocycles. The van der Waals surface area contributed by atoms with Crippen LogP contribution in [0, 0.1) is 0 Å². The molecule has 0 aliphatic carbocycles. The smallest absolute Gasteiger partial charge is 0.284 e. The number of nitrogens with zero attached hydrogens (tertiary/aromatic N) is 2. The van der Waals surface area contributed by atoms with Crippen LogP contribution in [0.4, 0.5) is 5.69 Å². The van der Waals surface area contributed by atoms with E-state index in [-0.39, 0.29) is 5.56 Å². The average Bonchev–Trinajstić information content (AvgIpc) is 3.12. The van der Waals surface area contributed by atoms with Gasteiger partial charge in [0.15, 0.2) is 0 Å². The molecule has 0 bridgehead atoms. The van der Waals surface area contributed by atoms with Gasteiger partial charge in [0.05, 0.1) is 19.3 Å². The van der Waals surface area contributed by atoms with Crippen LogP contribution >= 0.6 is 23.2 Å². The number of nitrogens with one attached hydrogen (secondary N) is 1. The fraction of sp³-hybridized carbons (Fsp3) is 0.0833. The van der Waals surface area contributed by atoms with Gasteiger partial charge in [-0.3, -0.25) is 14.3 Å². The Balaban J connectivity index is 1.72. The maximum Gasteiger partial charge on any atom is 0.284 e. The Labute approximate surface area is 194 Å². The Morgan fingerprint density at radius 2 is 1.50 bits per heavy atom. The third-order valence-electron chi connectivity index (χ3n) is 4.88. The van der Waals surface area contributed by atoms with E-state index in [0.717, 1.165) is 5.56 Å². The summed E-state index contributed by atoms with van der Waals surface area (Å²) in [6, 6.07) is 21.0. The molecule has 4 aromatic rings. The molecule has 0 saturated carbocycles. The summed E-state index contributed by atoms with van der Waals surface area (Å²) in [7, 11) is 1.57. The fourth-order valence-electron chi connectivity index (χ4n) is 3.26. The highest BCUT2D eigenvalue weighted by molar-refractivity contribution is 6.30. The zero-order valence-electron chi connectivity index (χ0n) is 17.1. The van der Waals surface area contributed by atoms with Gasteiger partial charge in [0.1, 0.15) is 11.3 Å². The van der Waals surface area contributed by atoms with Crippen LogP contribution in [0.25, 0.3) is 5.69 Å². The molecule has 1 N–H and O–H groups in total. The lowest BCUT2D eigenvalue weighted by atomic mass is 10.2. The average molecular weight is 468 g/mol. The van der Waals surface area contributed by atoms with Crippen molar-refractivity contribution >= 4 is 34.8 Å². The number of benzene rings is 3. The van der Waals surface area contributed by atoms with Crippen molar-refractivity contribution < 1.29 is 9.53 Å². The van der Waals surface area contributed by atoms with Gasteiger partial charge in [0, 0.05) is 21.9 Å². The normalized spacial score (nSPS) is 10.7. The van der Waals surface area contributed by atoms with Gasteiger partial charge in [0.2, 0.25) is 0 Å². The first kappa shape index (κ1) is 21.7. The van der Waals surface area contributed by atoms with Crippen molar-refractivity contribution in [3.8, 4) is 11.4 Å².